The molecule has 0 aromatic rings. The number of hydrogen-bond acceptors (Lipinski definition) is 2. The van der Waals surface area contributed by atoms with E-state index in [-0.39, 0.29) is 0 Å². The highest BCUT2D eigenvalue weighted by molar-refractivity contribution is 5.75. The van der Waals surface area contributed by atoms with E-state index in [9.17, 15) is 4.79 Å². The third kappa shape index (κ3) is 5.08. The van der Waals surface area contributed by atoms with Gasteiger partial charge in [0.1, 0.15) is 0 Å². The monoisotopic (exact) mass is 280 g/mol. The van der Waals surface area contributed by atoms with Crippen LogP contribution in [0.15, 0.2) is 0 Å². The van der Waals surface area contributed by atoms with Gasteiger partial charge in [-0.1, -0.05) is 19.3 Å². The summed E-state index contributed by atoms with van der Waals surface area (Å²) in [5.74, 6) is 1.85. The predicted molar refractivity (Wildman–Crippen MR) is 83.4 cm³/mol. The minimum absolute atomic E-state index is 0.352. The van der Waals surface area contributed by atoms with E-state index in [1.54, 1.807) is 0 Å². The summed E-state index contributed by atoms with van der Waals surface area (Å²) in [6.07, 6.45) is 13.3. The van der Waals surface area contributed by atoms with Crippen molar-refractivity contribution in [2.24, 2.45) is 17.6 Å². The molecule has 2 aliphatic rings. The molecule has 0 saturated heterocycles. The molecule has 3 nitrogen and oxygen atoms in total. The van der Waals surface area contributed by atoms with Crippen LogP contribution in [0.5, 0.6) is 0 Å². The molecule has 2 N–H and O–H groups in total. The number of amides is 1. The summed E-state index contributed by atoms with van der Waals surface area (Å²) >= 11 is 0. The van der Waals surface area contributed by atoms with Gasteiger partial charge in [-0.3, -0.25) is 4.79 Å². The van der Waals surface area contributed by atoms with Crippen molar-refractivity contribution >= 4 is 5.91 Å². The normalized spacial score (nSPS) is 28.3. The Morgan fingerprint density at radius 1 is 1.00 bits per heavy atom. The number of nitrogens with zero attached hydrogens (tertiary/aromatic N) is 1. The molecule has 2 fully saturated rings. The second-order valence-electron chi connectivity index (χ2n) is 7.10. The van der Waals surface area contributed by atoms with Crippen molar-refractivity contribution in [1.29, 1.82) is 0 Å². The van der Waals surface area contributed by atoms with Crippen LogP contribution < -0.4 is 5.73 Å². The van der Waals surface area contributed by atoms with Gasteiger partial charge in [0.05, 0.1) is 0 Å². The second kappa shape index (κ2) is 8.02. The van der Waals surface area contributed by atoms with Gasteiger partial charge in [-0.2, -0.15) is 0 Å². The molecule has 20 heavy (non-hydrogen) atoms. The second-order valence-corrected chi connectivity index (χ2v) is 7.10. The summed E-state index contributed by atoms with van der Waals surface area (Å²) in [7, 11) is 1.99. The lowest BCUT2D eigenvalue weighted by atomic mass is 9.83. The molecule has 2 saturated carbocycles. The topological polar surface area (TPSA) is 46.3 Å². The van der Waals surface area contributed by atoms with Crippen LogP contribution in [0.2, 0.25) is 0 Å². The maximum absolute atomic E-state index is 12.2. The van der Waals surface area contributed by atoms with Crippen LogP contribution in [-0.4, -0.2) is 30.4 Å². The average molecular weight is 280 g/mol. The molecule has 0 spiro atoms. The Bertz CT molecular complexity index is 291. The molecule has 1 amide bonds. The Kier molecular flexibility index (Phi) is 6.34. The number of rotatable bonds is 5. The van der Waals surface area contributed by atoms with Gasteiger partial charge in [0.2, 0.25) is 5.91 Å². The summed E-state index contributed by atoms with van der Waals surface area (Å²) in [5, 5.41) is 0. The Morgan fingerprint density at radius 2 is 1.65 bits per heavy atom. The highest BCUT2D eigenvalue weighted by atomic mass is 16.2. The van der Waals surface area contributed by atoms with E-state index in [0.717, 1.165) is 44.1 Å². The first-order valence-electron chi connectivity index (χ1n) is 8.64. The highest BCUT2D eigenvalue weighted by Gasteiger charge is 2.21. The molecule has 0 aromatic heterocycles. The molecule has 116 valence electrons. The number of carbonyl (C=O) groups excluding carboxylic acids is 1. The Morgan fingerprint density at radius 3 is 2.30 bits per heavy atom. The molecule has 0 bridgehead atoms. The van der Waals surface area contributed by atoms with E-state index in [0.29, 0.717) is 11.9 Å². The van der Waals surface area contributed by atoms with Crippen LogP contribution in [0.3, 0.4) is 0 Å². The fourth-order valence-corrected chi connectivity index (χ4v) is 3.85. The van der Waals surface area contributed by atoms with Crippen LogP contribution in [0.1, 0.15) is 70.6 Å². The number of nitrogens with two attached hydrogens (primary N) is 1. The van der Waals surface area contributed by atoms with E-state index in [1.807, 2.05) is 11.9 Å². The van der Waals surface area contributed by atoms with E-state index in [1.165, 1.54) is 44.9 Å². The Hall–Kier alpha value is -0.570. The molecule has 0 unspecified atom stereocenters. The van der Waals surface area contributed by atoms with Crippen molar-refractivity contribution in [1.82, 2.24) is 4.90 Å². The smallest absolute Gasteiger partial charge is 0.222 e. The first-order valence-corrected chi connectivity index (χ1v) is 8.64. The van der Waals surface area contributed by atoms with Gasteiger partial charge >= 0.3 is 0 Å². The maximum atomic E-state index is 12.2. The molecule has 0 radical (unpaired) electrons. The summed E-state index contributed by atoms with van der Waals surface area (Å²) in [6, 6.07) is 0.413. The zero-order chi connectivity index (χ0) is 14.4. The predicted octanol–water partition coefficient (Wildman–Crippen LogP) is 3.32. The van der Waals surface area contributed by atoms with Gasteiger partial charge in [0, 0.05) is 26.1 Å². The van der Waals surface area contributed by atoms with Crippen LogP contribution >= 0.6 is 0 Å². The third-order valence-corrected chi connectivity index (χ3v) is 5.34. The molecule has 3 heteroatoms. The zero-order valence-electron chi connectivity index (χ0n) is 13.2. The average Bonchev–Trinajstić information content (AvgIpc) is 2.47. The van der Waals surface area contributed by atoms with Crippen LogP contribution in [0.25, 0.3) is 0 Å². The molecule has 0 heterocycles. The summed E-state index contributed by atoms with van der Waals surface area (Å²) in [4.78, 5) is 14.2. The molecular weight excluding hydrogens is 248 g/mol. The first kappa shape index (κ1) is 15.8. The van der Waals surface area contributed by atoms with Crippen molar-refractivity contribution in [3.63, 3.8) is 0 Å². The summed E-state index contributed by atoms with van der Waals surface area (Å²) in [5.41, 5.74) is 5.93. The van der Waals surface area contributed by atoms with Gasteiger partial charge in [-0.05, 0) is 56.8 Å². The minimum Gasteiger partial charge on any atom is -0.345 e. The molecule has 0 atom stereocenters. The van der Waals surface area contributed by atoms with E-state index in [4.69, 9.17) is 5.73 Å². The maximum Gasteiger partial charge on any atom is 0.222 e. The molecule has 2 aliphatic carbocycles. The fraction of sp³-hybridized carbons (Fsp3) is 0.941. The third-order valence-electron chi connectivity index (χ3n) is 5.34. The van der Waals surface area contributed by atoms with Crippen LogP contribution in [0, 0.1) is 11.8 Å². The standard InChI is InChI=1S/C17H32N2O/c1-19(13-15-5-3-2-4-6-15)17(20)12-9-14-7-10-16(18)11-8-14/h14-16H,2-13,18H2,1H3. The van der Waals surface area contributed by atoms with Gasteiger partial charge in [0.15, 0.2) is 0 Å². The van der Waals surface area contributed by atoms with Crippen molar-refractivity contribution in [3.05, 3.63) is 0 Å². The van der Waals surface area contributed by atoms with E-state index in [2.05, 4.69) is 0 Å². The highest BCUT2D eigenvalue weighted by Crippen LogP contribution is 2.28. The van der Waals surface area contributed by atoms with Crippen LogP contribution in [-0.2, 0) is 4.79 Å². The van der Waals surface area contributed by atoms with Crippen LogP contribution in [0.4, 0.5) is 0 Å². The fourth-order valence-electron chi connectivity index (χ4n) is 3.85. The van der Waals surface area contributed by atoms with E-state index >= 15 is 0 Å². The molecule has 0 aromatic carbocycles. The summed E-state index contributed by atoms with van der Waals surface area (Å²) in [6.45, 7) is 0.981. The van der Waals surface area contributed by atoms with Crippen molar-refractivity contribution < 1.29 is 4.79 Å². The van der Waals surface area contributed by atoms with Gasteiger partial charge < -0.3 is 10.6 Å². The quantitative estimate of drug-likeness (QED) is 0.839. The molecule has 0 aliphatic heterocycles. The minimum atomic E-state index is 0.352. The molecular formula is C17H32N2O. The van der Waals surface area contributed by atoms with Gasteiger partial charge in [-0.25, -0.2) is 0 Å². The SMILES string of the molecule is CN(CC1CCCCC1)C(=O)CCC1CCC(N)CC1. The number of hydrogen-bond donors (Lipinski definition) is 1. The zero-order valence-corrected chi connectivity index (χ0v) is 13.2. The van der Waals surface area contributed by atoms with Gasteiger partial charge in [0.25, 0.3) is 0 Å². The van der Waals surface area contributed by atoms with E-state index < -0.39 is 0 Å². The lowest BCUT2D eigenvalue weighted by Gasteiger charge is -2.29. The Balaban J connectivity index is 1.63. The number of carbonyl (C=O) groups is 1. The van der Waals surface area contributed by atoms with Crippen molar-refractivity contribution in [3.8, 4) is 0 Å². The first-order chi connectivity index (χ1) is 9.65. The largest absolute Gasteiger partial charge is 0.345 e. The van der Waals surface area contributed by atoms with Crippen molar-refractivity contribution in [2.45, 2.75) is 76.7 Å². The lowest BCUT2D eigenvalue weighted by molar-refractivity contribution is -0.131. The molecule has 2 rings (SSSR count). The summed E-state index contributed by atoms with van der Waals surface area (Å²) < 4.78 is 0. The van der Waals surface area contributed by atoms with Crippen molar-refractivity contribution in [2.75, 3.05) is 13.6 Å². The Labute approximate surface area is 124 Å². The van der Waals surface area contributed by atoms with Gasteiger partial charge in [-0.15, -0.1) is 0 Å². The lowest BCUT2D eigenvalue weighted by Crippen LogP contribution is -2.33.